The van der Waals surface area contributed by atoms with Crippen molar-refractivity contribution in [3.05, 3.63) is 61.3 Å². The Morgan fingerprint density at radius 3 is 2.64 bits per heavy atom. The van der Waals surface area contributed by atoms with E-state index in [0.717, 1.165) is 33.4 Å². The molecule has 8 heteroatoms. The number of fused-ring (bicyclic) bond motifs is 1. The summed E-state index contributed by atoms with van der Waals surface area (Å²) in [6.07, 6.45) is 9.27. The zero-order valence-electron chi connectivity index (χ0n) is 15.5. The smallest absolute Gasteiger partial charge is 0.134 e. The predicted octanol–water partition coefficient (Wildman–Crippen LogP) is 3.65. The summed E-state index contributed by atoms with van der Waals surface area (Å²) < 4.78 is 3.67. The molecule has 1 N–H and O–H groups in total. The van der Waals surface area contributed by atoms with Gasteiger partial charge in [0.05, 0.1) is 23.6 Å². The van der Waals surface area contributed by atoms with Crippen molar-refractivity contribution in [2.24, 2.45) is 0 Å². The summed E-state index contributed by atoms with van der Waals surface area (Å²) in [4.78, 5) is 4.03. The Kier molecular flexibility index (Phi) is 3.75. The van der Waals surface area contributed by atoms with Crippen LogP contribution in [0.1, 0.15) is 19.9 Å². The molecule has 0 fully saturated rings. The molecule has 0 aliphatic carbocycles. The topological polar surface area (TPSA) is 90.1 Å². The maximum Gasteiger partial charge on any atom is 0.134 e. The molecular formula is C20H18N8. The van der Waals surface area contributed by atoms with E-state index in [0.29, 0.717) is 11.7 Å². The first kappa shape index (κ1) is 16.4. The highest BCUT2D eigenvalue weighted by atomic mass is 15.4. The highest BCUT2D eigenvalue weighted by Gasteiger charge is 2.14. The lowest BCUT2D eigenvalue weighted by atomic mass is 10.1. The lowest BCUT2D eigenvalue weighted by molar-refractivity contribution is 0.532. The number of nitrogens with zero attached hydrogens (tertiary/aromatic N) is 7. The van der Waals surface area contributed by atoms with Gasteiger partial charge in [0, 0.05) is 35.6 Å². The molecule has 0 bridgehead atoms. The van der Waals surface area contributed by atoms with E-state index in [9.17, 15) is 0 Å². The van der Waals surface area contributed by atoms with Crippen molar-refractivity contribution >= 4 is 10.9 Å². The minimum absolute atomic E-state index is 0.324. The quantitative estimate of drug-likeness (QED) is 0.521. The van der Waals surface area contributed by atoms with Crippen LogP contribution in [0.5, 0.6) is 0 Å². The Labute approximate surface area is 160 Å². The van der Waals surface area contributed by atoms with Crippen LogP contribution in [0.4, 0.5) is 0 Å². The molecule has 0 unspecified atom stereocenters. The maximum absolute atomic E-state index is 4.47. The standard InChI is InChI=1S/C20H18N8/c1-13(2)27-11-15(10-22-27)14-3-4-18-17(9-14)20(25-23-18)19-12-28(26-24-19)16-5-7-21-8-6-16/h3-13H,1-2H3,(H,23,25). The molecule has 0 spiro atoms. The molecule has 0 saturated carbocycles. The molecule has 0 atom stereocenters. The number of aromatic nitrogens is 8. The van der Waals surface area contributed by atoms with E-state index < -0.39 is 0 Å². The van der Waals surface area contributed by atoms with Crippen LogP contribution >= 0.6 is 0 Å². The molecule has 4 aromatic heterocycles. The van der Waals surface area contributed by atoms with Gasteiger partial charge in [-0.3, -0.25) is 14.8 Å². The Balaban J connectivity index is 1.56. The molecule has 1 aromatic carbocycles. The predicted molar refractivity (Wildman–Crippen MR) is 106 cm³/mol. The van der Waals surface area contributed by atoms with Gasteiger partial charge in [-0.05, 0) is 43.7 Å². The van der Waals surface area contributed by atoms with Crippen molar-refractivity contribution in [3.8, 4) is 28.2 Å². The van der Waals surface area contributed by atoms with Crippen molar-refractivity contribution in [1.82, 2.24) is 40.0 Å². The average Bonchev–Trinajstić information content (AvgIpc) is 3.46. The molecule has 138 valence electrons. The van der Waals surface area contributed by atoms with E-state index in [4.69, 9.17) is 0 Å². The Morgan fingerprint density at radius 1 is 1.00 bits per heavy atom. The van der Waals surface area contributed by atoms with Gasteiger partial charge in [0.2, 0.25) is 0 Å². The van der Waals surface area contributed by atoms with E-state index in [2.05, 4.69) is 62.8 Å². The summed E-state index contributed by atoms with van der Waals surface area (Å²) in [6, 6.07) is 10.3. The highest BCUT2D eigenvalue weighted by Crippen LogP contribution is 2.30. The maximum atomic E-state index is 4.47. The first-order chi connectivity index (χ1) is 13.7. The van der Waals surface area contributed by atoms with Crippen LogP contribution in [0.15, 0.2) is 61.3 Å². The van der Waals surface area contributed by atoms with Gasteiger partial charge in [-0.15, -0.1) is 5.10 Å². The Bertz CT molecular complexity index is 1250. The van der Waals surface area contributed by atoms with Crippen LogP contribution in [0, 0.1) is 0 Å². The first-order valence-corrected chi connectivity index (χ1v) is 9.05. The van der Waals surface area contributed by atoms with Crippen molar-refractivity contribution in [2.45, 2.75) is 19.9 Å². The van der Waals surface area contributed by atoms with Gasteiger partial charge in [0.25, 0.3) is 0 Å². The number of pyridine rings is 1. The van der Waals surface area contributed by atoms with Crippen LogP contribution in [0.2, 0.25) is 0 Å². The second kappa shape index (κ2) is 6.41. The Hall–Kier alpha value is -3.81. The second-order valence-corrected chi connectivity index (χ2v) is 6.89. The summed E-state index contributed by atoms with van der Waals surface area (Å²) in [7, 11) is 0. The number of hydrogen-bond donors (Lipinski definition) is 1. The summed E-state index contributed by atoms with van der Waals surface area (Å²) in [5, 5.41) is 21.5. The van der Waals surface area contributed by atoms with Crippen LogP contribution < -0.4 is 0 Å². The molecule has 0 aliphatic rings. The van der Waals surface area contributed by atoms with Gasteiger partial charge < -0.3 is 0 Å². The minimum atomic E-state index is 0.324. The van der Waals surface area contributed by atoms with E-state index in [1.54, 1.807) is 17.1 Å². The fourth-order valence-corrected chi connectivity index (χ4v) is 3.15. The number of nitrogens with one attached hydrogen (secondary N) is 1. The van der Waals surface area contributed by atoms with Crippen LogP contribution in [0.25, 0.3) is 39.1 Å². The van der Waals surface area contributed by atoms with Gasteiger partial charge in [-0.2, -0.15) is 10.2 Å². The van der Waals surface area contributed by atoms with Gasteiger partial charge in [-0.25, -0.2) is 4.68 Å². The number of H-pyrrole nitrogens is 1. The molecule has 0 amide bonds. The molecule has 0 aliphatic heterocycles. The van der Waals surface area contributed by atoms with Crippen molar-refractivity contribution in [1.29, 1.82) is 0 Å². The van der Waals surface area contributed by atoms with Gasteiger partial charge in [0.1, 0.15) is 11.4 Å². The zero-order valence-corrected chi connectivity index (χ0v) is 15.5. The van der Waals surface area contributed by atoms with E-state index in [1.165, 1.54) is 0 Å². The van der Waals surface area contributed by atoms with Gasteiger partial charge >= 0.3 is 0 Å². The monoisotopic (exact) mass is 370 g/mol. The Morgan fingerprint density at radius 2 is 1.86 bits per heavy atom. The molecule has 8 nitrogen and oxygen atoms in total. The number of aromatic amines is 1. The van der Waals surface area contributed by atoms with Crippen LogP contribution in [0.3, 0.4) is 0 Å². The highest BCUT2D eigenvalue weighted by molar-refractivity contribution is 5.94. The fourth-order valence-electron chi connectivity index (χ4n) is 3.15. The molecule has 5 aromatic rings. The molecule has 0 radical (unpaired) electrons. The summed E-state index contributed by atoms with van der Waals surface area (Å²) in [5.41, 5.74) is 5.49. The summed E-state index contributed by atoms with van der Waals surface area (Å²) in [6.45, 7) is 4.22. The third kappa shape index (κ3) is 2.75. The minimum Gasteiger partial charge on any atom is -0.277 e. The number of benzene rings is 1. The average molecular weight is 370 g/mol. The molecule has 5 rings (SSSR count). The zero-order chi connectivity index (χ0) is 19.1. The third-order valence-electron chi connectivity index (χ3n) is 4.69. The summed E-state index contributed by atoms with van der Waals surface area (Å²) >= 11 is 0. The van der Waals surface area contributed by atoms with Crippen LogP contribution in [-0.4, -0.2) is 40.0 Å². The van der Waals surface area contributed by atoms with Crippen molar-refractivity contribution < 1.29 is 0 Å². The van der Waals surface area contributed by atoms with Gasteiger partial charge in [0.15, 0.2) is 0 Å². The molecule has 28 heavy (non-hydrogen) atoms. The number of rotatable bonds is 4. The van der Waals surface area contributed by atoms with Gasteiger partial charge in [-0.1, -0.05) is 11.3 Å². The molecule has 0 saturated heterocycles. The SMILES string of the molecule is CC(C)n1cc(-c2ccc3[nH]nc(-c4cn(-c5ccncc5)nn4)c3c2)cn1. The lowest BCUT2D eigenvalue weighted by Gasteiger charge is -2.03. The van der Waals surface area contributed by atoms with E-state index in [-0.39, 0.29) is 0 Å². The summed E-state index contributed by atoms with van der Waals surface area (Å²) in [5.74, 6) is 0. The lowest BCUT2D eigenvalue weighted by Crippen LogP contribution is -1.99. The van der Waals surface area contributed by atoms with E-state index in [1.807, 2.05) is 35.3 Å². The fraction of sp³-hybridized carbons (Fsp3) is 0.150. The second-order valence-electron chi connectivity index (χ2n) is 6.89. The molecular weight excluding hydrogens is 352 g/mol. The van der Waals surface area contributed by atoms with Crippen molar-refractivity contribution in [2.75, 3.05) is 0 Å². The largest absolute Gasteiger partial charge is 0.277 e. The molecule has 4 heterocycles. The van der Waals surface area contributed by atoms with Crippen molar-refractivity contribution in [3.63, 3.8) is 0 Å². The van der Waals surface area contributed by atoms with E-state index >= 15 is 0 Å². The first-order valence-electron chi connectivity index (χ1n) is 9.05. The number of hydrogen-bond acceptors (Lipinski definition) is 5. The normalized spacial score (nSPS) is 11.5. The van der Waals surface area contributed by atoms with Crippen LogP contribution in [-0.2, 0) is 0 Å². The third-order valence-corrected chi connectivity index (χ3v) is 4.69.